The van der Waals surface area contributed by atoms with Gasteiger partial charge >= 0.3 is 0 Å². The molecule has 0 atom stereocenters. The van der Waals surface area contributed by atoms with Gasteiger partial charge in [-0.1, -0.05) is 6.07 Å². The molecule has 1 aromatic heterocycles. The third-order valence-corrected chi connectivity index (χ3v) is 3.13. The second-order valence-electron chi connectivity index (χ2n) is 4.44. The molecule has 6 nitrogen and oxygen atoms in total. The van der Waals surface area contributed by atoms with Crippen molar-refractivity contribution in [2.24, 2.45) is 0 Å². The molecule has 0 aliphatic carbocycles. The normalized spacial score (nSPS) is 10.5. The zero-order valence-corrected chi connectivity index (χ0v) is 11.3. The lowest BCUT2D eigenvalue weighted by molar-refractivity contribution is 0.102. The summed E-state index contributed by atoms with van der Waals surface area (Å²) in [4.78, 5) is 19.4. The summed E-state index contributed by atoms with van der Waals surface area (Å²) in [5.41, 5.74) is 2.33. The maximum atomic E-state index is 12.3. The molecule has 0 radical (unpaired) electrons. The van der Waals surface area contributed by atoms with Crippen molar-refractivity contribution in [2.75, 3.05) is 12.4 Å². The average molecular weight is 283 g/mol. The first-order valence-electron chi connectivity index (χ1n) is 6.29. The molecule has 0 aliphatic heterocycles. The number of H-pyrrole nitrogens is 1. The Hall–Kier alpha value is -3.02. The third kappa shape index (κ3) is 2.38. The number of phenolic OH excluding ortho intramolecular Hbond substituents is 1. The van der Waals surface area contributed by atoms with Crippen LogP contribution in [0, 0.1) is 0 Å². The highest BCUT2D eigenvalue weighted by Gasteiger charge is 2.17. The molecule has 0 aliphatic rings. The first-order chi connectivity index (χ1) is 10.2. The number of amides is 1. The molecular weight excluding hydrogens is 270 g/mol. The van der Waals surface area contributed by atoms with Gasteiger partial charge in [-0.25, -0.2) is 4.98 Å². The van der Waals surface area contributed by atoms with Gasteiger partial charge < -0.3 is 20.1 Å². The van der Waals surface area contributed by atoms with Crippen LogP contribution in [0.25, 0.3) is 11.0 Å². The number of imidazole rings is 1. The quantitative estimate of drug-likeness (QED) is 0.689. The van der Waals surface area contributed by atoms with E-state index in [0.717, 1.165) is 11.0 Å². The van der Waals surface area contributed by atoms with E-state index in [1.807, 2.05) is 0 Å². The summed E-state index contributed by atoms with van der Waals surface area (Å²) in [6, 6.07) is 9.98. The Bertz CT molecular complexity index is 811. The minimum atomic E-state index is -0.441. The van der Waals surface area contributed by atoms with Gasteiger partial charge in [-0.3, -0.25) is 4.79 Å². The molecule has 0 saturated carbocycles. The number of aromatic hydroxyl groups is 1. The number of rotatable bonds is 3. The number of phenols is 1. The number of hydrogen-bond donors (Lipinski definition) is 3. The van der Waals surface area contributed by atoms with Crippen LogP contribution in [0.1, 0.15) is 10.4 Å². The van der Waals surface area contributed by atoms with Gasteiger partial charge in [0.2, 0.25) is 0 Å². The number of nitrogens with zero attached hydrogens (tertiary/aromatic N) is 1. The molecule has 1 amide bonds. The van der Waals surface area contributed by atoms with Crippen LogP contribution >= 0.6 is 0 Å². The van der Waals surface area contributed by atoms with Crippen molar-refractivity contribution in [1.82, 2.24) is 9.97 Å². The maximum Gasteiger partial charge on any atom is 0.263 e. The Balaban J connectivity index is 1.92. The van der Waals surface area contributed by atoms with Crippen LogP contribution in [0.3, 0.4) is 0 Å². The van der Waals surface area contributed by atoms with Gasteiger partial charge in [0.1, 0.15) is 17.1 Å². The number of ether oxygens (including phenoxy) is 1. The number of hydrogen-bond acceptors (Lipinski definition) is 4. The largest absolute Gasteiger partial charge is 0.507 e. The van der Waals surface area contributed by atoms with Gasteiger partial charge in [0.15, 0.2) is 0 Å². The lowest BCUT2D eigenvalue weighted by Gasteiger charge is -2.10. The number of carbonyl (C=O) groups excluding carboxylic acids is 1. The minimum absolute atomic E-state index is 0.102. The van der Waals surface area contributed by atoms with E-state index < -0.39 is 5.91 Å². The van der Waals surface area contributed by atoms with E-state index >= 15 is 0 Å². The van der Waals surface area contributed by atoms with Gasteiger partial charge in [-0.15, -0.1) is 0 Å². The second-order valence-corrected chi connectivity index (χ2v) is 4.44. The Morgan fingerprint density at radius 2 is 2.19 bits per heavy atom. The number of aromatic nitrogens is 2. The molecular formula is C15H13N3O3. The molecule has 6 heteroatoms. The van der Waals surface area contributed by atoms with Gasteiger partial charge in [-0.2, -0.15) is 0 Å². The van der Waals surface area contributed by atoms with Crippen LogP contribution < -0.4 is 10.1 Å². The zero-order valence-electron chi connectivity index (χ0n) is 11.3. The Kier molecular flexibility index (Phi) is 3.19. The fourth-order valence-corrected chi connectivity index (χ4v) is 2.12. The van der Waals surface area contributed by atoms with E-state index in [4.69, 9.17) is 4.74 Å². The average Bonchev–Trinajstić information content (AvgIpc) is 2.94. The smallest absolute Gasteiger partial charge is 0.263 e. The molecule has 0 fully saturated rings. The van der Waals surface area contributed by atoms with Gasteiger partial charge in [0.05, 0.1) is 24.5 Å². The first kappa shape index (κ1) is 13.0. The van der Waals surface area contributed by atoms with Crippen LogP contribution in [0.5, 0.6) is 11.5 Å². The van der Waals surface area contributed by atoms with Crippen molar-refractivity contribution in [3.63, 3.8) is 0 Å². The highest BCUT2D eigenvalue weighted by Crippen LogP contribution is 2.28. The summed E-state index contributed by atoms with van der Waals surface area (Å²) >= 11 is 0. The molecule has 0 saturated heterocycles. The number of fused-ring (bicyclic) bond motifs is 1. The fraction of sp³-hybridized carbons (Fsp3) is 0.0667. The van der Waals surface area contributed by atoms with Crippen LogP contribution in [0.15, 0.2) is 42.7 Å². The van der Waals surface area contributed by atoms with Gasteiger partial charge in [0.25, 0.3) is 5.91 Å². The summed E-state index contributed by atoms with van der Waals surface area (Å²) in [7, 11) is 1.45. The number of benzene rings is 2. The molecule has 21 heavy (non-hydrogen) atoms. The summed E-state index contributed by atoms with van der Waals surface area (Å²) in [6.07, 6.45) is 1.59. The lowest BCUT2D eigenvalue weighted by atomic mass is 10.1. The Morgan fingerprint density at radius 1 is 1.33 bits per heavy atom. The van der Waals surface area contributed by atoms with Crippen LogP contribution in [0.2, 0.25) is 0 Å². The predicted molar refractivity (Wildman–Crippen MR) is 78.7 cm³/mol. The molecule has 106 valence electrons. The van der Waals surface area contributed by atoms with Gasteiger partial charge in [-0.05, 0) is 30.3 Å². The zero-order chi connectivity index (χ0) is 14.8. The predicted octanol–water partition coefficient (Wildman–Crippen LogP) is 2.53. The molecule has 0 unspecified atom stereocenters. The minimum Gasteiger partial charge on any atom is -0.507 e. The SMILES string of the molecule is COc1cccc(O)c1C(=O)Nc1ccc2nc[nH]c2c1. The maximum absolute atomic E-state index is 12.3. The second kappa shape index (κ2) is 5.16. The van der Waals surface area contributed by atoms with E-state index in [0.29, 0.717) is 11.4 Å². The first-order valence-corrected chi connectivity index (χ1v) is 6.29. The van der Waals surface area contributed by atoms with Gasteiger partial charge in [0, 0.05) is 5.69 Å². The van der Waals surface area contributed by atoms with Crippen molar-refractivity contribution < 1.29 is 14.6 Å². The Morgan fingerprint density at radius 3 is 3.00 bits per heavy atom. The van der Waals surface area contributed by atoms with Crippen molar-refractivity contribution in [2.45, 2.75) is 0 Å². The topological polar surface area (TPSA) is 87.2 Å². The van der Waals surface area contributed by atoms with Crippen molar-refractivity contribution >= 4 is 22.6 Å². The molecule has 0 spiro atoms. The highest BCUT2D eigenvalue weighted by molar-refractivity contribution is 6.08. The van der Waals surface area contributed by atoms with Crippen LogP contribution in [-0.4, -0.2) is 28.1 Å². The van der Waals surface area contributed by atoms with Crippen LogP contribution in [0.4, 0.5) is 5.69 Å². The van der Waals surface area contributed by atoms with E-state index in [2.05, 4.69) is 15.3 Å². The fourth-order valence-electron chi connectivity index (χ4n) is 2.12. The lowest BCUT2D eigenvalue weighted by Crippen LogP contribution is -2.13. The van der Waals surface area contributed by atoms with E-state index in [1.165, 1.54) is 13.2 Å². The standard InChI is InChI=1S/C15H13N3O3/c1-21-13-4-2-3-12(19)14(13)15(20)18-9-5-6-10-11(7-9)17-8-16-10/h2-8,19H,1H3,(H,16,17)(H,18,20). The molecule has 3 rings (SSSR count). The molecule has 1 heterocycles. The number of methoxy groups -OCH3 is 1. The summed E-state index contributed by atoms with van der Waals surface area (Å²) in [5.74, 6) is -0.256. The number of carbonyl (C=O) groups is 1. The van der Waals surface area contributed by atoms with Crippen molar-refractivity contribution in [3.8, 4) is 11.5 Å². The summed E-state index contributed by atoms with van der Waals surface area (Å²) in [6.45, 7) is 0. The summed E-state index contributed by atoms with van der Waals surface area (Å²) in [5, 5.41) is 12.6. The monoisotopic (exact) mass is 283 g/mol. The van der Waals surface area contributed by atoms with E-state index in [9.17, 15) is 9.90 Å². The van der Waals surface area contributed by atoms with Crippen molar-refractivity contribution in [1.29, 1.82) is 0 Å². The highest BCUT2D eigenvalue weighted by atomic mass is 16.5. The van der Waals surface area contributed by atoms with Crippen LogP contribution in [-0.2, 0) is 0 Å². The summed E-state index contributed by atoms with van der Waals surface area (Å²) < 4.78 is 5.11. The van der Waals surface area contributed by atoms with E-state index in [-0.39, 0.29) is 11.3 Å². The van der Waals surface area contributed by atoms with E-state index in [1.54, 1.807) is 36.7 Å². The number of nitrogens with one attached hydrogen (secondary N) is 2. The number of anilines is 1. The molecule has 2 aromatic carbocycles. The van der Waals surface area contributed by atoms with Crippen molar-refractivity contribution in [3.05, 3.63) is 48.3 Å². The molecule has 3 N–H and O–H groups in total. The Labute approximate surface area is 120 Å². The molecule has 3 aromatic rings. The third-order valence-electron chi connectivity index (χ3n) is 3.13. The number of aromatic amines is 1. The molecule has 0 bridgehead atoms.